The van der Waals surface area contributed by atoms with Crippen molar-refractivity contribution >= 4 is 17.5 Å². The van der Waals surface area contributed by atoms with Crippen LogP contribution in [0.1, 0.15) is 30.1 Å². The fourth-order valence-electron chi connectivity index (χ4n) is 1.16. The van der Waals surface area contributed by atoms with Gasteiger partial charge in [-0.25, -0.2) is 8.78 Å². The van der Waals surface area contributed by atoms with Crippen molar-refractivity contribution in [2.75, 3.05) is 11.5 Å². The van der Waals surface area contributed by atoms with Crippen LogP contribution in [0.4, 0.5) is 8.78 Å². The SMILES string of the molecule is CCCCSCC(=O)c1ccc(F)c(F)c1. The zero-order chi connectivity index (χ0) is 12.0. The normalized spacial score (nSPS) is 10.4. The smallest absolute Gasteiger partial charge is 0.172 e. The van der Waals surface area contributed by atoms with Gasteiger partial charge in [-0.15, -0.1) is 0 Å². The van der Waals surface area contributed by atoms with Crippen molar-refractivity contribution < 1.29 is 13.6 Å². The molecule has 0 unspecified atom stereocenters. The molecule has 0 bridgehead atoms. The number of carbonyl (C=O) groups is 1. The number of carbonyl (C=O) groups excluding carboxylic acids is 1. The summed E-state index contributed by atoms with van der Waals surface area (Å²) < 4.78 is 25.5. The largest absolute Gasteiger partial charge is 0.293 e. The van der Waals surface area contributed by atoms with E-state index in [2.05, 4.69) is 6.92 Å². The highest BCUT2D eigenvalue weighted by atomic mass is 32.2. The molecule has 1 nitrogen and oxygen atoms in total. The highest BCUT2D eigenvalue weighted by molar-refractivity contribution is 7.99. The number of rotatable bonds is 6. The number of hydrogen-bond donors (Lipinski definition) is 0. The molecule has 1 aromatic rings. The van der Waals surface area contributed by atoms with Gasteiger partial charge in [-0.1, -0.05) is 13.3 Å². The molecule has 88 valence electrons. The summed E-state index contributed by atoms with van der Waals surface area (Å²) in [7, 11) is 0. The summed E-state index contributed by atoms with van der Waals surface area (Å²) in [5.74, 6) is -0.795. The van der Waals surface area contributed by atoms with Crippen LogP contribution in [0.5, 0.6) is 0 Å². The van der Waals surface area contributed by atoms with Crippen molar-refractivity contribution in [2.24, 2.45) is 0 Å². The number of ketones is 1. The number of unbranched alkanes of at least 4 members (excludes halogenated alkanes) is 1. The van der Waals surface area contributed by atoms with Crippen LogP contribution in [-0.2, 0) is 0 Å². The lowest BCUT2D eigenvalue weighted by molar-refractivity contribution is 0.102. The van der Waals surface area contributed by atoms with E-state index < -0.39 is 11.6 Å². The molecule has 0 saturated heterocycles. The van der Waals surface area contributed by atoms with Crippen LogP contribution in [0.15, 0.2) is 18.2 Å². The molecule has 0 aliphatic rings. The van der Waals surface area contributed by atoms with Crippen LogP contribution in [-0.4, -0.2) is 17.3 Å². The first-order chi connectivity index (χ1) is 7.65. The van der Waals surface area contributed by atoms with Crippen LogP contribution >= 0.6 is 11.8 Å². The molecule has 0 aliphatic carbocycles. The van der Waals surface area contributed by atoms with E-state index in [1.807, 2.05) is 0 Å². The maximum Gasteiger partial charge on any atom is 0.172 e. The van der Waals surface area contributed by atoms with E-state index >= 15 is 0 Å². The van der Waals surface area contributed by atoms with Gasteiger partial charge in [-0.3, -0.25) is 4.79 Å². The maximum absolute atomic E-state index is 12.8. The number of thioether (sulfide) groups is 1. The average molecular weight is 244 g/mol. The number of Topliss-reactive ketones (excluding diaryl/α,β-unsaturated/α-hetero) is 1. The van der Waals surface area contributed by atoms with Crippen LogP contribution < -0.4 is 0 Å². The van der Waals surface area contributed by atoms with E-state index in [1.54, 1.807) is 0 Å². The molecule has 1 aromatic carbocycles. The number of hydrogen-bond acceptors (Lipinski definition) is 2. The second-order valence-electron chi connectivity index (χ2n) is 3.46. The Kier molecular flexibility index (Phi) is 5.46. The zero-order valence-corrected chi connectivity index (χ0v) is 9.95. The molecule has 0 N–H and O–H groups in total. The van der Waals surface area contributed by atoms with Gasteiger partial charge in [0, 0.05) is 5.56 Å². The lowest BCUT2D eigenvalue weighted by Crippen LogP contribution is -2.04. The molecule has 16 heavy (non-hydrogen) atoms. The third-order valence-electron chi connectivity index (χ3n) is 2.12. The average Bonchev–Trinajstić information content (AvgIpc) is 2.28. The Morgan fingerprint density at radius 3 is 2.69 bits per heavy atom. The summed E-state index contributed by atoms with van der Waals surface area (Å²) >= 11 is 1.53. The van der Waals surface area contributed by atoms with Crippen molar-refractivity contribution in [2.45, 2.75) is 19.8 Å². The Bertz CT molecular complexity index is 366. The molecule has 0 fully saturated rings. The van der Waals surface area contributed by atoms with Crippen molar-refractivity contribution in [1.82, 2.24) is 0 Å². The monoisotopic (exact) mass is 244 g/mol. The minimum Gasteiger partial charge on any atom is -0.293 e. The zero-order valence-electron chi connectivity index (χ0n) is 9.13. The second-order valence-corrected chi connectivity index (χ2v) is 4.56. The molecule has 0 aliphatic heterocycles. The molecule has 0 saturated carbocycles. The molecule has 1 rings (SSSR count). The molecule has 0 atom stereocenters. The van der Waals surface area contributed by atoms with Gasteiger partial charge in [0.15, 0.2) is 17.4 Å². The summed E-state index contributed by atoms with van der Waals surface area (Å²) in [5.41, 5.74) is 0.239. The van der Waals surface area contributed by atoms with Gasteiger partial charge in [-0.2, -0.15) is 11.8 Å². The van der Waals surface area contributed by atoms with Gasteiger partial charge in [0.25, 0.3) is 0 Å². The number of halogens is 2. The Morgan fingerprint density at radius 2 is 2.06 bits per heavy atom. The summed E-state index contributed by atoms with van der Waals surface area (Å²) in [5, 5.41) is 0. The minimum atomic E-state index is -0.968. The third-order valence-corrected chi connectivity index (χ3v) is 3.16. The molecular formula is C12H14F2OS. The Morgan fingerprint density at radius 1 is 1.31 bits per heavy atom. The van der Waals surface area contributed by atoms with Gasteiger partial charge in [-0.05, 0) is 30.4 Å². The third kappa shape index (κ3) is 3.93. The van der Waals surface area contributed by atoms with Gasteiger partial charge in [0.05, 0.1) is 5.75 Å². The van der Waals surface area contributed by atoms with Crippen LogP contribution in [0.2, 0.25) is 0 Å². The summed E-state index contributed by atoms with van der Waals surface area (Å²) in [6.07, 6.45) is 2.15. The molecule has 0 aromatic heterocycles. The molecule has 0 radical (unpaired) electrons. The van der Waals surface area contributed by atoms with Crippen LogP contribution in [0.3, 0.4) is 0 Å². The van der Waals surface area contributed by atoms with Crippen molar-refractivity contribution in [3.8, 4) is 0 Å². The second kappa shape index (κ2) is 6.63. The van der Waals surface area contributed by atoms with E-state index in [4.69, 9.17) is 0 Å². The predicted molar refractivity (Wildman–Crippen MR) is 62.9 cm³/mol. The fraction of sp³-hybridized carbons (Fsp3) is 0.417. The summed E-state index contributed by atoms with van der Waals surface area (Å²) in [6, 6.07) is 3.26. The molecule has 0 spiro atoms. The lowest BCUT2D eigenvalue weighted by Gasteiger charge is -2.01. The first-order valence-corrected chi connectivity index (χ1v) is 6.36. The number of benzene rings is 1. The van der Waals surface area contributed by atoms with Gasteiger partial charge >= 0.3 is 0 Å². The van der Waals surface area contributed by atoms with Gasteiger partial charge in [0.1, 0.15) is 0 Å². The van der Waals surface area contributed by atoms with Crippen molar-refractivity contribution in [1.29, 1.82) is 0 Å². The Hall–Kier alpha value is -0.900. The highest BCUT2D eigenvalue weighted by Crippen LogP contribution is 2.12. The first kappa shape index (κ1) is 13.2. The van der Waals surface area contributed by atoms with E-state index in [0.29, 0.717) is 5.75 Å². The summed E-state index contributed by atoms with van der Waals surface area (Å²) in [4.78, 5) is 11.6. The quantitative estimate of drug-likeness (QED) is 0.561. The molecule has 0 heterocycles. The summed E-state index contributed by atoms with van der Waals surface area (Å²) in [6.45, 7) is 2.08. The minimum absolute atomic E-state index is 0.153. The molecular weight excluding hydrogens is 230 g/mol. The van der Waals surface area contributed by atoms with E-state index in [9.17, 15) is 13.6 Å². The van der Waals surface area contributed by atoms with E-state index in [1.165, 1.54) is 17.8 Å². The standard InChI is InChI=1S/C12H14F2OS/c1-2-3-6-16-8-12(15)9-4-5-10(13)11(14)7-9/h4-5,7H,2-3,6,8H2,1H3. The highest BCUT2D eigenvalue weighted by Gasteiger charge is 2.09. The first-order valence-electron chi connectivity index (χ1n) is 5.21. The van der Waals surface area contributed by atoms with Gasteiger partial charge in [0.2, 0.25) is 0 Å². The van der Waals surface area contributed by atoms with Crippen molar-refractivity contribution in [3.05, 3.63) is 35.4 Å². The lowest BCUT2D eigenvalue weighted by atomic mass is 10.1. The van der Waals surface area contributed by atoms with Crippen LogP contribution in [0, 0.1) is 11.6 Å². The van der Waals surface area contributed by atoms with Crippen LogP contribution in [0.25, 0.3) is 0 Å². The molecule has 4 heteroatoms. The topological polar surface area (TPSA) is 17.1 Å². The van der Waals surface area contributed by atoms with E-state index in [0.717, 1.165) is 30.7 Å². The van der Waals surface area contributed by atoms with Gasteiger partial charge < -0.3 is 0 Å². The predicted octanol–water partition coefficient (Wildman–Crippen LogP) is 3.68. The Balaban J connectivity index is 2.50. The fourth-order valence-corrected chi connectivity index (χ4v) is 2.15. The maximum atomic E-state index is 12.8. The van der Waals surface area contributed by atoms with Crippen molar-refractivity contribution in [3.63, 3.8) is 0 Å². The Labute approximate surface area is 98.2 Å². The van der Waals surface area contributed by atoms with E-state index in [-0.39, 0.29) is 11.3 Å². The molecule has 0 amide bonds.